The summed E-state index contributed by atoms with van der Waals surface area (Å²) >= 11 is 0. The molecule has 0 spiro atoms. The van der Waals surface area contributed by atoms with Crippen LogP contribution in [0.2, 0.25) is 0 Å². The van der Waals surface area contributed by atoms with Crippen molar-refractivity contribution < 1.29 is 13.9 Å². The highest BCUT2D eigenvalue weighted by molar-refractivity contribution is 5.99. The molecule has 0 unspecified atom stereocenters. The van der Waals surface area contributed by atoms with Gasteiger partial charge in [0, 0.05) is 53.7 Å². The number of rotatable bonds is 5. The van der Waals surface area contributed by atoms with E-state index in [9.17, 15) is 13.9 Å². The van der Waals surface area contributed by atoms with Gasteiger partial charge in [-0.25, -0.2) is 28.1 Å². The predicted molar refractivity (Wildman–Crippen MR) is 135 cm³/mol. The second-order valence-electron chi connectivity index (χ2n) is 9.97. The Balaban J connectivity index is 1.63. The molecule has 1 aliphatic carbocycles. The largest absolute Gasteiger partial charge is 0.386 e. The van der Waals surface area contributed by atoms with Gasteiger partial charge in [-0.05, 0) is 58.6 Å². The van der Waals surface area contributed by atoms with E-state index in [1.54, 1.807) is 35.5 Å². The molecule has 1 aliphatic heterocycles. The summed E-state index contributed by atoms with van der Waals surface area (Å²) in [5.74, 6) is 0.301. The number of aromatic nitrogens is 4. The molecule has 3 heterocycles. The highest BCUT2D eigenvalue weighted by Crippen LogP contribution is 2.37. The number of amidine groups is 1. The van der Waals surface area contributed by atoms with Gasteiger partial charge in [-0.2, -0.15) is 10.2 Å². The molecule has 8 nitrogen and oxygen atoms in total. The molecule has 10 heteroatoms. The maximum atomic E-state index is 14.8. The zero-order valence-electron chi connectivity index (χ0n) is 20.8. The van der Waals surface area contributed by atoms with Gasteiger partial charge in [-0.3, -0.25) is 0 Å². The van der Waals surface area contributed by atoms with Crippen molar-refractivity contribution in [2.45, 2.75) is 59.1 Å². The zero-order valence-corrected chi connectivity index (χ0v) is 20.8. The van der Waals surface area contributed by atoms with Crippen molar-refractivity contribution in [3.8, 4) is 11.3 Å². The van der Waals surface area contributed by atoms with Gasteiger partial charge >= 0.3 is 0 Å². The maximum absolute atomic E-state index is 14.8. The number of nitrogens with two attached hydrogens (primary N) is 1. The summed E-state index contributed by atoms with van der Waals surface area (Å²) in [5, 5.41) is 19.9. The van der Waals surface area contributed by atoms with Crippen molar-refractivity contribution in [3.63, 3.8) is 0 Å². The number of fused-ring (bicyclic) bond motifs is 1. The summed E-state index contributed by atoms with van der Waals surface area (Å²) in [6.07, 6.45) is 5.80. The van der Waals surface area contributed by atoms with Crippen LogP contribution in [0, 0.1) is 31.4 Å². The van der Waals surface area contributed by atoms with Crippen LogP contribution in [-0.4, -0.2) is 36.7 Å². The number of hydrogen-bond donors (Lipinski definition) is 2. The fraction of sp³-hybridized carbons (Fsp3) is 0.385. The molecular weight excluding hydrogens is 464 g/mol. The van der Waals surface area contributed by atoms with Gasteiger partial charge in [0.25, 0.3) is 0 Å². The lowest BCUT2D eigenvalue weighted by Crippen LogP contribution is -2.18. The van der Waals surface area contributed by atoms with Crippen molar-refractivity contribution >= 4 is 23.7 Å². The molecule has 5 rings (SSSR count). The lowest BCUT2D eigenvalue weighted by atomic mass is 9.96. The van der Waals surface area contributed by atoms with Crippen molar-refractivity contribution in [1.82, 2.24) is 19.6 Å². The molecule has 0 radical (unpaired) electrons. The molecule has 3 aromatic rings. The Bertz CT molecular complexity index is 1440. The van der Waals surface area contributed by atoms with Gasteiger partial charge in [-0.1, -0.05) is 0 Å². The number of aryl methyl sites for hydroxylation is 1. The molecule has 0 atom stereocenters. The van der Waals surface area contributed by atoms with Gasteiger partial charge in [0.1, 0.15) is 23.2 Å². The third-order valence-corrected chi connectivity index (χ3v) is 6.49. The third kappa shape index (κ3) is 4.48. The SMILES string of the molecule is Cc1nn(C2=CC(N)=Nc3c(c(-c4ccc(F)cc4F)nn3CC3CC3)CC=N2)c(C)c1C(C)(C)O. The van der Waals surface area contributed by atoms with Crippen LogP contribution in [0.5, 0.6) is 0 Å². The van der Waals surface area contributed by atoms with Crippen LogP contribution >= 0.6 is 0 Å². The quantitative estimate of drug-likeness (QED) is 0.550. The summed E-state index contributed by atoms with van der Waals surface area (Å²) < 4.78 is 31.8. The molecule has 3 N–H and O–H groups in total. The van der Waals surface area contributed by atoms with Gasteiger partial charge in [-0.15, -0.1) is 0 Å². The number of aliphatic imine (C=N–C) groups is 2. The predicted octanol–water partition coefficient (Wildman–Crippen LogP) is 4.39. The Hall–Kier alpha value is -3.66. The molecule has 36 heavy (non-hydrogen) atoms. The second-order valence-corrected chi connectivity index (χ2v) is 9.97. The maximum Gasteiger partial charge on any atom is 0.157 e. The first-order valence-electron chi connectivity index (χ1n) is 12.0. The van der Waals surface area contributed by atoms with E-state index >= 15 is 0 Å². The number of aliphatic hydroxyl groups is 1. The minimum atomic E-state index is -1.08. The molecule has 2 aromatic heterocycles. The van der Waals surface area contributed by atoms with Gasteiger partial charge in [0.2, 0.25) is 0 Å². The van der Waals surface area contributed by atoms with Crippen molar-refractivity contribution in [1.29, 1.82) is 0 Å². The van der Waals surface area contributed by atoms with Gasteiger partial charge in [0.05, 0.1) is 11.3 Å². The molecule has 1 fully saturated rings. The minimum Gasteiger partial charge on any atom is -0.386 e. The van der Waals surface area contributed by atoms with Crippen molar-refractivity contribution in [3.05, 3.63) is 58.4 Å². The third-order valence-electron chi connectivity index (χ3n) is 6.49. The lowest BCUT2D eigenvalue weighted by Gasteiger charge is -2.18. The Morgan fingerprint density at radius 3 is 2.56 bits per heavy atom. The molecular formula is C26H29F2N7O. The molecule has 188 valence electrons. The standard InChI is InChI=1S/C26H29F2N7O/c1-14-23(26(3,4)36)15(2)35(32-14)22-12-21(29)31-25-19(9-10-30-22)24(33-34(25)13-16-5-6-16)18-8-7-17(27)11-20(18)28/h7-8,10-12,16,36H,5-6,9,13H2,1-4H3,(H2,29,31). The highest BCUT2D eigenvalue weighted by atomic mass is 19.1. The monoisotopic (exact) mass is 493 g/mol. The highest BCUT2D eigenvalue weighted by Gasteiger charge is 2.29. The first kappa shape index (κ1) is 24.1. The first-order chi connectivity index (χ1) is 17.0. The first-order valence-corrected chi connectivity index (χ1v) is 12.0. The number of benzene rings is 1. The van der Waals surface area contributed by atoms with Gasteiger partial charge in [0.15, 0.2) is 11.6 Å². The zero-order chi connectivity index (χ0) is 25.8. The summed E-state index contributed by atoms with van der Waals surface area (Å²) in [5.41, 5.74) is 8.67. The Morgan fingerprint density at radius 1 is 1.17 bits per heavy atom. The smallest absolute Gasteiger partial charge is 0.157 e. The topological polar surface area (TPSA) is 107 Å². The van der Waals surface area contributed by atoms with Crippen molar-refractivity contribution in [2.75, 3.05) is 0 Å². The second kappa shape index (κ2) is 8.77. The lowest BCUT2D eigenvalue weighted by molar-refractivity contribution is 0.0772. The van der Waals surface area contributed by atoms with Crippen LogP contribution in [0.15, 0.2) is 34.3 Å². The molecule has 1 aromatic carbocycles. The fourth-order valence-electron chi connectivity index (χ4n) is 4.80. The summed E-state index contributed by atoms with van der Waals surface area (Å²) in [4.78, 5) is 9.29. The van der Waals surface area contributed by atoms with Crippen molar-refractivity contribution in [2.24, 2.45) is 21.6 Å². The van der Waals surface area contributed by atoms with E-state index in [0.29, 0.717) is 53.0 Å². The Morgan fingerprint density at radius 2 is 1.92 bits per heavy atom. The molecule has 0 saturated heterocycles. The van der Waals surface area contributed by atoms with E-state index in [1.807, 2.05) is 13.8 Å². The average Bonchev–Trinajstić information content (AvgIpc) is 3.44. The Labute approximate surface area is 207 Å². The molecule has 0 amide bonds. The fourth-order valence-corrected chi connectivity index (χ4v) is 4.80. The van der Waals surface area contributed by atoms with Crippen LogP contribution in [0.4, 0.5) is 14.6 Å². The summed E-state index contributed by atoms with van der Waals surface area (Å²) in [6, 6.07) is 3.46. The van der Waals surface area contributed by atoms with Crippen LogP contribution in [-0.2, 0) is 18.6 Å². The number of nitrogens with zero attached hydrogens (tertiary/aromatic N) is 6. The van der Waals surface area contributed by atoms with Crippen LogP contribution < -0.4 is 5.73 Å². The van der Waals surface area contributed by atoms with E-state index in [-0.39, 0.29) is 11.4 Å². The van der Waals surface area contributed by atoms with E-state index in [2.05, 4.69) is 20.2 Å². The van der Waals surface area contributed by atoms with E-state index in [0.717, 1.165) is 24.6 Å². The van der Waals surface area contributed by atoms with Crippen LogP contribution in [0.25, 0.3) is 17.1 Å². The summed E-state index contributed by atoms with van der Waals surface area (Å²) in [6.45, 7) is 7.76. The van der Waals surface area contributed by atoms with Crippen LogP contribution in [0.1, 0.15) is 49.2 Å². The molecule has 2 aliphatic rings. The summed E-state index contributed by atoms with van der Waals surface area (Å²) in [7, 11) is 0. The number of halogens is 2. The molecule has 1 saturated carbocycles. The van der Waals surface area contributed by atoms with E-state index in [4.69, 9.17) is 5.73 Å². The average molecular weight is 494 g/mol. The Kier molecular flexibility index (Phi) is 5.86. The van der Waals surface area contributed by atoms with E-state index in [1.165, 1.54) is 12.1 Å². The van der Waals surface area contributed by atoms with Gasteiger partial charge < -0.3 is 10.8 Å². The van der Waals surface area contributed by atoms with E-state index < -0.39 is 17.2 Å². The van der Waals surface area contributed by atoms with Crippen LogP contribution in [0.3, 0.4) is 0 Å². The minimum absolute atomic E-state index is 0.186. The normalized spacial score (nSPS) is 16.2. The number of hydrogen-bond acceptors (Lipinski definition) is 6. The molecule has 0 bridgehead atoms.